The van der Waals surface area contributed by atoms with Crippen LogP contribution < -0.4 is 0 Å². The van der Waals surface area contributed by atoms with Crippen LogP contribution >= 0.6 is 0 Å². The number of esters is 2. The predicted octanol–water partition coefficient (Wildman–Crippen LogP) is 1.24. The van der Waals surface area contributed by atoms with Gasteiger partial charge >= 0.3 is 99.2 Å². The van der Waals surface area contributed by atoms with Crippen molar-refractivity contribution in [3.8, 4) is 0 Å². The summed E-state index contributed by atoms with van der Waals surface area (Å²) >= 11 is 0.149. The van der Waals surface area contributed by atoms with E-state index in [1.54, 1.807) is 15.8 Å². The number of rotatable bonds is 17. The van der Waals surface area contributed by atoms with Gasteiger partial charge in [0.1, 0.15) is 13.2 Å². The van der Waals surface area contributed by atoms with Crippen molar-refractivity contribution in [3.63, 3.8) is 0 Å². The first-order valence-electron chi connectivity index (χ1n) is 10.6. The first-order chi connectivity index (χ1) is 15.2. The Bertz CT molecular complexity index is 550. The fourth-order valence-electron chi connectivity index (χ4n) is 2.13. The summed E-state index contributed by atoms with van der Waals surface area (Å²) in [6, 6.07) is 0. The molecule has 11 nitrogen and oxygen atoms in total. The number of aliphatic hydroxyl groups excluding tert-OH is 2. The molecule has 186 valence electrons. The fourth-order valence-corrected chi connectivity index (χ4v) is 6.29. The zero-order valence-corrected chi connectivity index (χ0v) is 21.9. The Morgan fingerprint density at radius 3 is 1.72 bits per heavy atom. The zero-order chi connectivity index (χ0) is 25.0. The molecule has 0 spiro atoms. The van der Waals surface area contributed by atoms with Crippen molar-refractivity contribution in [2.75, 3.05) is 19.8 Å². The normalized spacial score (nSPS) is 13.2. The van der Waals surface area contributed by atoms with E-state index in [0.29, 0.717) is 6.42 Å². The van der Waals surface area contributed by atoms with Crippen molar-refractivity contribution in [2.24, 2.45) is 0 Å². The van der Waals surface area contributed by atoms with Crippen LogP contribution in [0.15, 0.2) is 0 Å². The molecular formula is C20H36O11Sn. The van der Waals surface area contributed by atoms with Gasteiger partial charge in [0.2, 0.25) is 0 Å². The molecule has 2 atom stereocenters. The molecule has 0 aliphatic carbocycles. The molecule has 4 N–H and O–H groups in total. The number of hydrogen-bond acceptors (Lipinski definition) is 9. The molecule has 2 unspecified atom stereocenters. The number of carboxylic acids is 2. The van der Waals surface area contributed by atoms with E-state index >= 15 is 0 Å². The van der Waals surface area contributed by atoms with E-state index in [4.69, 9.17) is 20.1 Å². The van der Waals surface area contributed by atoms with E-state index in [1.807, 2.05) is 0 Å². The van der Waals surface area contributed by atoms with Gasteiger partial charge in [0, 0.05) is 0 Å². The molecular weight excluding hydrogens is 535 g/mol. The summed E-state index contributed by atoms with van der Waals surface area (Å²) in [4.78, 5) is 45.1. The number of unbranched alkanes of at least 4 members (excludes halogenated alkanes) is 3. The van der Waals surface area contributed by atoms with Crippen molar-refractivity contribution in [1.82, 2.24) is 0 Å². The summed E-state index contributed by atoms with van der Waals surface area (Å²) in [5.41, 5.74) is 0. The van der Waals surface area contributed by atoms with E-state index in [-0.39, 0.29) is 34.2 Å². The summed E-state index contributed by atoms with van der Waals surface area (Å²) in [7, 11) is 0. The molecule has 0 bridgehead atoms. The predicted molar refractivity (Wildman–Crippen MR) is 114 cm³/mol. The molecule has 0 heterocycles. The van der Waals surface area contributed by atoms with Crippen molar-refractivity contribution in [2.45, 2.75) is 80.1 Å². The van der Waals surface area contributed by atoms with Gasteiger partial charge in [-0.1, -0.05) is 13.3 Å². The maximum absolute atomic E-state index is 11.5. The molecule has 12 heteroatoms. The van der Waals surface area contributed by atoms with Crippen LogP contribution in [0.25, 0.3) is 0 Å². The van der Waals surface area contributed by atoms with Gasteiger partial charge in [-0.3, -0.25) is 0 Å². The number of aliphatic carboxylic acids is 2. The Labute approximate surface area is 198 Å². The van der Waals surface area contributed by atoms with E-state index in [0.717, 1.165) is 0 Å². The molecule has 0 amide bonds. The van der Waals surface area contributed by atoms with Crippen LogP contribution in [0.3, 0.4) is 0 Å². The number of carbonyl (C=O) groups excluding carboxylic acids is 2. The van der Waals surface area contributed by atoms with E-state index in [2.05, 4.69) is 23.3 Å². The third-order valence-electron chi connectivity index (χ3n) is 3.87. The van der Waals surface area contributed by atoms with Crippen LogP contribution in [0.5, 0.6) is 0 Å². The first kappa shape index (κ1) is 32.7. The van der Waals surface area contributed by atoms with Crippen LogP contribution in [-0.4, -0.2) is 97.2 Å². The molecule has 0 fully saturated rings. The summed E-state index contributed by atoms with van der Waals surface area (Å²) in [5, 5.41) is 35.6. The van der Waals surface area contributed by atoms with Crippen LogP contribution in [0.2, 0.25) is 8.87 Å². The van der Waals surface area contributed by atoms with Crippen LogP contribution in [0, 0.1) is 0 Å². The summed E-state index contributed by atoms with van der Waals surface area (Å²) in [5.74, 6) is -10.2. The average Bonchev–Trinajstić information content (AvgIpc) is 2.76. The summed E-state index contributed by atoms with van der Waals surface area (Å²) in [6.07, 6.45) is 4.07. The van der Waals surface area contributed by atoms with Gasteiger partial charge in [-0.15, -0.1) is 0 Å². The van der Waals surface area contributed by atoms with Crippen molar-refractivity contribution < 1.29 is 53.8 Å². The summed E-state index contributed by atoms with van der Waals surface area (Å²) in [6.45, 7) is 3.49. The zero-order valence-electron chi connectivity index (χ0n) is 19.0. The monoisotopic (exact) mass is 572 g/mol. The topological polar surface area (TPSA) is 177 Å². The molecule has 0 aromatic heterocycles. The second-order valence-corrected chi connectivity index (χ2v) is 10.9. The van der Waals surface area contributed by atoms with Gasteiger partial charge in [-0.25, -0.2) is 19.2 Å². The van der Waals surface area contributed by atoms with Crippen molar-refractivity contribution in [1.29, 1.82) is 0 Å². The van der Waals surface area contributed by atoms with Crippen molar-refractivity contribution in [3.05, 3.63) is 0 Å². The van der Waals surface area contributed by atoms with E-state index in [9.17, 15) is 24.3 Å². The Kier molecular flexibility index (Phi) is 20.7. The van der Waals surface area contributed by atoms with Gasteiger partial charge in [0.15, 0.2) is 0 Å². The van der Waals surface area contributed by atoms with E-state index in [1.165, 1.54) is 25.7 Å². The molecule has 0 rings (SSSR count). The Morgan fingerprint density at radius 2 is 1.34 bits per heavy atom. The van der Waals surface area contributed by atoms with Gasteiger partial charge in [-0.2, -0.15) is 0 Å². The molecule has 0 aliphatic rings. The second kappa shape index (κ2) is 20.2. The van der Waals surface area contributed by atoms with Crippen LogP contribution in [0.1, 0.15) is 59.3 Å². The third kappa shape index (κ3) is 13.9. The van der Waals surface area contributed by atoms with Crippen LogP contribution in [-0.2, 0) is 33.4 Å². The number of hydrogen-bond donors (Lipinski definition) is 4. The minimum atomic E-state index is -3.20. The average molecular weight is 571 g/mol. The van der Waals surface area contributed by atoms with Gasteiger partial charge in [0.25, 0.3) is 6.10 Å². The number of ether oxygens (including phenoxy) is 3. The molecule has 0 saturated heterocycles. The van der Waals surface area contributed by atoms with E-state index < -0.39 is 49.0 Å². The number of aliphatic hydroxyl groups is 2. The summed E-state index contributed by atoms with van der Waals surface area (Å²) < 4.78 is 16.9. The SMILES string of the molecule is CCCCOC(OC(=O)CO)(C(=O)O)C(OC(=O)CO)C(=O)O.CCC[CH2][Sn][CH2]CCC. The number of carbonyl (C=O) groups is 4. The quantitative estimate of drug-likeness (QED) is 0.0855. The Morgan fingerprint density at radius 1 is 0.844 bits per heavy atom. The van der Waals surface area contributed by atoms with Gasteiger partial charge < -0.3 is 34.6 Å². The van der Waals surface area contributed by atoms with Crippen LogP contribution in [0.4, 0.5) is 0 Å². The van der Waals surface area contributed by atoms with Gasteiger partial charge in [-0.05, 0) is 6.42 Å². The Hall–Kier alpha value is -1.44. The minimum absolute atomic E-state index is 0.149. The standard InChI is InChI=1S/C12H18O11.2C4H9.Sn/c1-2-3-4-21-12(11(19)20,23-8(16)6-14)9(10(17)18)22-7(15)5-13;2*1-3-4-2;/h9,13-14H,2-6H2,1H3,(H,17,18)(H,19,20);2*1,3-4H2,2H3;. The van der Waals surface area contributed by atoms with Crippen molar-refractivity contribution >= 4 is 45.0 Å². The first-order valence-corrected chi connectivity index (χ1v) is 14.6. The third-order valence-corrected chi connectivity index (χ3v) is 7.91. The molecule has 0 aliphatic heterocycles. The molecule has 0 saturated carbocycles. The fraction of sp³-hybridized carbons (Fsp3) is 0.800. The molecule has 32 heavy (non-hydrogen) atoms. The molecule has 0 aromatic rings. The molecule has 2 radical (unpaired) electrons. The number of carboxylic acid groups (broad SMARTS) is 2. The second-order valence-electron chi connectivity index (χ2n) is 6.63. The maximum atomic E-state index is 11.5. The van der Waals surface area contributed by atoms with Gasteiger partial charge in [0.05, 0.1) is 6.61 Å². The molecule has 0 aromatic carbocycles. The Balaban J connectivity index is 0.